The minimum Gasteiger partial charge on any atom is -0.459 e. The van der Waals surface area contributed by atoms with E-state index >= 15 is 0 Å². The summed E-state index contributed by atoms with van der Waals surface area (Å²) in [6.07, 6.45) is 5.99. The van der Waals surface area contributed by atoms with E-state index in [1.165, 1.54) is 10.4 Å². The van der Waals surface area contributed by atoms with Gasteiger partial charge in [-0.25, -0.2) is 0 Å². The SMILES string of the molecule is C[C@H]1[C@H](C2OC=CO2)[C@H](C(CO)C2OC=CO2)C[C@H]1O[Si](c1ccccc1)(c1ccccc1)C(C)(C)C. The number of ether oxygens (including phenoxy) is 4. The highest BCUT2D eigenvalue weighted by Gasteiger charge is 2.57. The minimum atomic E-state index is -2.77. The Balaban J connectivity index is 1.56. The van der Waals surface area contributed by atoms with Crippen molar-refractivity contribution in [2.75, 3.05) is 6.61 Å². The molecule has 37 heavy (non-hydrogen) atoms. The van der Waals surface area contributed by atoms with Crippen LogP contribution in [-0.4, -0.2) is 38.7 Å². The number of hydrogen-bond acceptors (Lipinski definition) is 6. The molecule has 2 aromatic rings. The van der Waals surface area contributed by atoms with Crippen LogP contribution in [0.3, 0.4) is 0 Å². The van der Waals surface area contributed by atoms with E-state index < -0.39 is 20.9 Å². The van der Waals surface area contributed by atoms with E-state index in [1.807, 2.05) is 0 Å². The van der Waals surface area contributed by atoms with Crippen LogP contribution >= 0.6 is 0 Å². The number of aliphatic hydroxyl groups excluding tert-OH is 1. The molecule has 1 unspecified atom stereocenters. The summed E-state index contributed by atoms with van der Waals surface area (Å²) in [5.74, 6) is -0.135. The molecule has 0 aromatic heterocycles. The first-order chi connectivity index (χ1) is 17.9. The molecule has 3 aliphatic rings. The van der Waals surface area contributed by atoms with Crippen LogP contribution < -0.4 is 10.4 Å². The zero-order valence-electron chi connectivity index (χ0n) is 22.0. The van der Waals surface area contributed by atoms with Crippen LogP contribution in [0.4, 0.5) is 0 Å². The Labute approximate surface area is 221 Å². The zero-order valence-corrected chi connectivity index (χ0v) is 23.0. The molecule has 0 amide bonds. The molecule has 0 bridgehead atoms. The van der Waals surface area contributed by atoms with Gasteiger partial charge < -0.3 is 28.5 Å². The van der Waals surface area contributed by atoms with Gasteiger partial charge in [0.2, 0.25) is 12.6 Å². The highest BCUT2D eigenvalue weighted by atomic mass is 28.4. The molecule has 0 radical (unpaired) electrons. The van der Waals surface area contributed by atoms with Gasteiger partial charge in [0.1, 0.15) is 25.0 Å². The summed E-state index contributed by atoms with van der Waals surface area (Å²) in [5.41, 5.74) is 0. The summed E-state index contributed by atoms with van der Waals surface area (Å²) < 4.78 is 30.7. The Morgan fingerprint density at radius 2 is 1.38 bits per heavy atom. The quantitative estimate of drug-likeness (QED) is 0.515. The van der Waals surface area contributed by atoms with Gasteiger partial charge in [0.25, 0.3) is 8.32 Å². The van der Waals surface area contributed by atoms with Gasteiger partial charge in [-0.1, -0.05) is 88.4 Å². The number of aliphatic hydroxyl groups is 1. The minimum absolute atomic E-state index is 0.0110. The molecule has 7 heteroatoms. The Hall–Kier alpha value is -2.74. The molecule has 0 saturated heterocycles. The molecule has 2 aromatic carbocycles. The van der Waals surface area contributed by atoms with Crippen LogP contribution in [-0.2, 0) is 23.4 Å². The van der Waals surface area contributed by atoms with E-state index in [-0.39, 0.29) is 41.4 Å². The molecule has 0 spiro atoms. The fraction of sp³-hybridized carbons (Fsp3) is 0.467. The van der Waals surface area contributed by atoms with Crippen molar-refractivity contribution in [1.82, 2.24) is 0 Å². The van der Waals surface area contributed by atoms with Crippen molar-refractivity contribution in [2.24, 2.45) is 23.7 Å². The van der Waals surface area contributed by atoms with Gasteiger partial charge in [-0.2, -0.15) is 0 Å². The summed E-state index contributed by atoms with van der Waals surface area (Å²) >= 11 is 0. The number of rotatable bonds is 8. The topological polar surface area (TPSA) is 66.4 Å². The number of hydrogen-bond donors (Lipinski definition) is 1. The summed E-state index contributed by atoms with van der Waals surface area (Å²) in [4.78, 5) is 0. The molecule has 198 valence electrons. The predicted octanol–water partition coefficient (Wildman–Crippen LogP) is 4.50. The normalized spacial score (nSPS) is 26.9. The summed E-state index contributed by atoms with van der Waals surface area (Å²) in [5, 5.41) is 12.8. The van der Waals surface area contributed by atoms with Crippen molar-refractivity contribution in [3.8, 4) is 0 Å². The first-order valence-electron chi connectivity index (χ1n) is 13.2. The van der Waals surface area contributed by atoms with E-state index in [2.05, 4.69) is 88.4 Å². The van der Waals surface area contributed by atoms with E-state index in [4.69, 9.17) is 23.4 Å². The molecule has 1 saturated carbocycles. The Morgan fingerprint density at radius 3 is 1.86 bits per heavy atom. The van der Waals surface area contributed by atoms with Crippen molar-refractivity contribution >= 4 is 18.7 Å². The molecule has 6 nitrogen and oxygen atoms in total. The van der Waals surface area contributed by atoms with Gasteiger partial charge in [-0.05, 0) is 33.7 Å². The molecular formula is C30H38O6Si. The maximum Gasteiger partial charge on any atom is 0.261 e. The first kappa shape index (κ1) is 25.9. The van der Waals surface area contributed by atoms with Crippen LogP contribution in [0.5, 0.6) is 0 Å². The third kappa shape index (κ3) is 4.69. The average molecular weight is 523 g/mol. The predicted molar refractivity (Wildman–Crippen MR) is 144 cm³/mol. The maximum atomic E-state index is 10.5. The van der Waals surface area contributed by atoms with Gasteiger partial charge in [0, 0.05) is 12.0 Å². The van der Waals surface area contributed by atoms with Crippen LogP contribution in [0.1, 0.15) is 34.1 Å². The first-order valence-corrected chi connectivity index (χ1v) is 15.1. The van der Waals surface area contributed by atoms with Crippen LogP contribution in [0, 0.1) is 23.7 Å². The van der Waals surface area contributed by atoms with Crippen molar-refractivity contribution in [1.29, 1.82) is 0 Å². The lowest BCUT2D eigenvalue weighted by Gasteiger charge is -2.45. The second-order valence-electron chi connectivity index (χ2n) is 11.3. The summed E-state index contributed by atoms with van der Waals surface area (Å²) in [7, 11) is -2.77. The van der Waals surface area contributed by atoms with Gasteiger partial charge in [0.15, 0.2) is 0 Å². The highest BCUT2D eigenvalue weighted by Crippen LogP contribution is 2.50. The van der Waals surface area contributed by atoms with Crippen molar-refractivity contribution in [3.63, 3.8) is 0 Å². The van der Waals surface area contributed by atoms with Gasteiger partial charge in [-0.3, -0.25) is 0 Å². The summed E-state index contributed by atoms with van der Waals surface area (Å²) in [6.45, 7) is 9.05. The van der Waals surface area contributed by atoms with Gasteiger partial charge in [-0.15, -0.1) is 0 Å². The van der Waals surface area contributed by atoms with E-state index in [9.17, 15) is 5.11 Å². The second kappa shape index (κ2) is 10.6. The van der Waals surface area contributed by atoms with Crippen molar-refractivity contribution < 1.29 is 28.5 Å². The zero-order chi connectivity index (χ0) is 26.0. The van der Waals surface area contributed by atoms with Crippen molar-refractivity contribution in [3.05, 3.63) is 85.7 Å². The summed E-state index contributed by atoms with van der Waals surface area (Å²) in [6, 6.07) is 21.4. The molecule has 1 fully saturated rings. The lowest BCUT2D eigenvalue weighted by molar-refractivity contribution is -0.139. The van der Waals surface area contributed by atoms with E-state index in [0.717, 1.165) is 6.42 Å². The third-order valence-electron chi connectivity index (χ3n) is 8.32. The van der Waals surface area contributed by atoms with Crippen LogP contribution in [0.25, 0.3) is 0 Å². The molecule has 1 aliphatic carbocycles. The Morgan fingerprint density at radius 1 is 0.865 bits per heavy atom. The molecular weight excluding hydrogens is 484 g/mol. The molecule has 5 rings (SSSR count). The standard InChI is InChI=1S/C30H38O6Si/c1-21-26(19-24(27(21)29-34-17-18-35-29)25(20-31)28-32-15-16-33-28)36-37(30(2,3)4,22-11-7-5-8-12-22)23-13-9-6-10-14-23/h5-18,21,24-29,31H,19-20H2,1-4H3/t21-,24+,25?,26-,27+/m1/s1. The van der Waals surface area contributed by atoms with Gasteiger partial charge in [0.05, 0.1) is 12.5 Å². The lowest BCUT2D eigenvalue weighted by Crippen LogP contribution is -2.68. The fourth-order valence-corrected chi connectivity index (χ4v) is 11.4. The Kier molecular flexibility index (Phi) is 7.39. The van der Waals surface area contributed by atoms with Crippen LogP contribution in [0.2, 0.25) is 5.04 Å². The monoisotopic (exact) mass is 522 g/mol. The maximum absolute atomic E-state index is 10.5. The van der Waals surface area contributed by atoms with Crippen molar-refractivity contribution in [2.45, 2.75) is 57.8 Å². The van der Waals surface area contributed by atoms with E-state index in [0.29, 0.717) is 0 Å². The molecule has 5 atom stereocenters. The molecule has 1 N–H and O–H groups in total. The largest absolute Gasteiger partial charge is 0.459 e. The average Bonchev–Trinajstić information content (AvgIpc) is 3.67. The molecule has 2 aliphatic heterocycles. The lowest BCUT2D eigenvalue weighted by atomic mass is 9.80. The van der Waals surface area contributed by atoms with E-state index in [1.54, 1.807) is 25.0 Å². The van der Waals surface area contributed by atoms with Crippen LogP contribution in [0.15, 0.2) is 85.7 Å². The van der Waals surface area contributed by atoms with Gasteiger partial charge >= 0.3 is 0 Å². The second-order valence-corrected chi connectivity index (χ2v) is 15.6. The third-order valence-corrected chi connectivity index (χ3v) is 13.4. The smallest absolute Gasteiger partial charge is 0.261 e. The highest BCUT2D eigenvalue weighted by molar-refractivity contribution is 6.99. The molecule has 2 heterocycles. The number of benzene rings is 2. The fourth-order valence-electron chi connectivity index (χ4n) is 6.57. The Bertz CT molecular complexity index is 1030.